The minimum Gasteiger partial charge on any atom is -0.504 e. The molecule has 0 amide bonds. The van der Waals surface area contributed by atoms with Crippen LogP contribution in [0.15, 0.2) is 22.8 Å². The van der Waals surface area contributed by atoms with E-state index in [-0.39, 0.29) is 11.5 Å². The van der Waals surface area contributed by atoms with Crippen molar-refractivity contribution in [2.45, 2.75) is 77.6 Å². The highest BCUT2D eigenvalue weighted by Gasteiger charge is 2.17. The monoisotopic (exact) mass is 376 g/mol. The zero-order valence-corrected chi connectivity index (χ0v) is 16.2. The standard InChI is InChI=1S/C22H32O5/c1-2-3-4-5-6-7-8-9-10-11-12-16-15-27-22(20(16)25)17-13-18(23)21(26)19(24)14-17/h13-15,23-26H,2-12H2,1H3. The minimum absolute atomic E-state index is 0.0235. The molecule has 0 aliphatic rings. The summed E-state index contributed by atoms with van der Waals surface area (Å²) < 4.78 is 5.42. The van der Waals surface area contributed by atoms with Gasteiger partial charge in [0.15, 0.2) is 28.8 Å². The summed E-state index contributed by atoms with van der Waals surface area (Å²) in [5.74, 6) is -1.30. The number of benzene rings is 1. The first-order valence-electron chi connectivity index (χ1n) is 10.1. The van der Waals surface area contributed by atoms with E-state index in [9.17, 15) is 20.4 Å². The van der Waals surface area contributed by atoms with Gasteiger partial charge in [-0.1, -0.05) is 64.7 Å². The minimum atomic E-state index is -0.588. The first-order valence-corrected chi connectivity index (χ1v) is 10.1. The lowest BCUT2D eigenvalue weighted by atomic mass is 10.0. The molecule has 0 bridgehead atoms. The number of hydrogen-bond donors (Lipinski definition) is 4. The molecule has 0 unspecified atom stereocenters. The van der Waals surface area contributed by atoms with Crippen molar-refractivity contribution >= 4 is 0 Å². The smallest absolute Gasteiger partial charge is 0.200 e. The Morgan fingerprint density at radius 3 is 1.78 bits per heavy atom. The van der Waals surface area contributed by atoms with Crippen molar-refractivity contribution in [3.05, 3.63) is 24.0 Å². The fourth-order valence-electron chi connectivity index (χ4n) is 3.31. The molecule has 0 radical (unpaired) electrons. The van der Waals surface area contributed by atoms with Crippen molar-refractivity contribution in [2.24, 2.45) is 0 Å². The molecule has 5 nitrogen and oxygen atoms in total. The zero-order valence-electron chi connectivity index (χ0n) is 16.2. The van der Waals surface area contributed by atoms with Gasteiger partial charge in [0.2, 0.25) is 0 Å². The number of furan rings is 1. The number of aryl methyl sites for hydroxylation is 1. The summed E-state index contributed by atoms with van der Waals surface area (Å²) >= 11 is 0. The highest BCUT2D eigenvalue weighted by atomic mass is 16.4. The predicted octanol–water partition coefficient (Wildman–Crippen LogP) is 6.23. The molecule has 2 aromatic rings. The number of phenolic OH excluding ortho intramolecular Hbond substituents is 3. The van der Waals surface area contributed by atoms with Crippen LogP contribution in [0.25, 0.3) is 11.3 Å². The molecule has 1 aromatic heterocycles. The van der Waals surface area contributed by atoms with E-state index < -0.39 is 17.2 Å². The third-order valence-electron chi connectivity index (χ3n) is 4.97. The van der Waals surface area contributed by atoms with Crippen molar-refractivity contribution in [1.82, 2.24) is 0 Å². The molecule has 0 spiro atoms. The highest BCUT2D eigenvalue weighted by molar-refractivity contribution is 5.71. The molecule has 2 rings (SSSR count). The Morgan fingerprint density at radius 2 is 1.22 bits per heavy atom. The van der Waals surface area contributed by atoms with Crippen molar-refractivity contribution in [3.8, 4) is 34.3 Å². The molecule has 0 aliphatic carbocycles. The van der Waals surface area contributed by atoms with Crippen molar-refractivity contribution in [3.63, 3.8) is 0 Å². The number of unbranched alkanes of at least 4 members (excludes halogenated alkanes) is 9. The van der Waals surface area contributed by atoms with Crippen LogP contribution in [-0.4, -0.2) is 20.4 Å². The summed E-state index contributed by atoms with van der Waals surface area (Å²) in [5, 5.41) is 39.0. The third-order valence-corrected chi connectivity index (χ3v) is 4.97. The summed E-state index contributed by atoms with van der Waals surface area (Å²) in [6.07, 6.45) is 14.8. The molecule has 1 aromatic carbocycles. The molecule has 5 heteroatoms. The van der Waals surface area contributed by atoms with Gasteiger partial charge in [-0.3, -0.25) is 0 Å². The fourth-order valence-corrected chi connectivity index (χ4v) is 3.31. The van der Waals surface area contributed by atoms with Crippen LogP contribution in [0.4, 0.5) is 0 Å². The van der Waals surface area contributed by atoms with E-state index in [1.165, 1.54) is 69.8 Å². The lowest BCUT2D eigenvalue weighted by molar-refractivity contribution is 0.368. The second-order valence-electron chi connectivity index (χ2n) is 7.23. The topological polar surface area (TPSA) is 94.1 Å². The normalized spacial score (nSPS) is 11.1. The second kappa shape index (κ2) is 10.8. The van der Waals surface area contributed by atoms with E-state index in [1.807, 2.05) is 0 Å². The van der Waals surface area contributed by atoms with Crippen LogP contribution in [0, 0.1) is 0 Å². The van der Waals surface area contributed by atoms with Crippen molar-refractivity contribution in [1.29, 1.82) is 0 Å². The number of rotatable bonds is 12. The van der Waals surface area contributed by atoms with Crippen LogP contribution < -0.4 is 0 Å². The van der Waals surface area contributed by atoms with Gasteiger partial charge in [0, 0.05) is 11.1 Å². The lowest BCUT2D eigenvalue weighted by Gasteiger charge is -2.05. The number of phenols is 3. The van der Waals surface area contributed by atoms with Crippen LogP contribution in [0.5, 0.6) is 23.0 Å². The maximum atomic E-state index is 10.4. The van der Waals surface area contributed by atoms with E-state index in [4.69, 9.17) is 4.42 Å². The predicted molar refractivity (Wildman–Crippen MR) is 106 cm³/mol. The van der Waals surface area contributed by atoms with Gasteiger partial charge in [-0.2, -0.15) is 0 Å². The Hall–Kier alpha value is -2.30. The lowest BCUT2D eigenvalue weighted by Crippen LogP contribution is -1.86. The molecule has 0 saturated carbocycles. The van der Waals surface area contributed by atoms with Crippen molar-refractivity contribution in [2.75, 3.05) is 0 Å². The molecule has 1 heterocycles. The molecule has 0 fully saturated rings. The Balaban J connectivity index is 1.75. The molecular formula is C22H32O5. The highest BCUT2D eigenvalue weighted by Crippen LogP contribution is 2.42. The van der Waals surface area contributed by atoms with E-state index >= 15 is 0 Å². The van der Waals surface area contributed by atoms with Crippen LogP contribution in [0.2, 0.25) is 0 Å². The summed E-state index contributed by atoms with van der Waals surface area (Å²) in [5.41, 5.74) is 1.03. The molecule has 27 heavy (non-hydrogen) atoms. The SMILES string of the molecule is CCCCCCCCCCCCc1coc(-c2cc(O)c(O)c(O)c2)c1O. The van der Waals surface area contributed by atoms with E-state index in [2.05, 4.69) is 6.92 Å². The quantitative estimate of drug-likeness (QED) is 0.260. The molecule has 0 atom stereocenters. The molecule has 0 saturated heterocycles. The first kappa shape index (κ1) is 21.0. The molecular weight excluding hydrogens is 344 g/mol. The third kappa shape index (κ3) is 6.12. The van der Waals surface area contributed by atoms with Gasteiger partial charge in [-0.25, -0.2) is 0 Å². The van der Waals surface area contributed by atoms with Gasteiger partial charge in [0.1, 0.15) is 0 Å². The van der Waals surface area contributed by atoms with Crippen molar-refractivity contribution < 1.29 is 24.8 Å². The molecule has 4 N–H and O–H groups in total. The average Bonchev–Trinajstić information content (AvgIpc) is 3.01. The van der Waals surface area contributed by atoms with Gasteiger partial charge < -0.3 is 24.8 Å². The zero-order chi connectivity index (χ0) is 19.6. The Kier molecular flexibility index (Phi) is 8.37. The van der Waals surface area contributed by atoms with E-state index in [1.54, 1.807) is 0 Å². The van der Waals surface area contributed by atoms with Crippen LogP contribution in [-0.2, 0) is 6.42 Å². The van der Waals surface area contributed by atoms with Gasteiger partial charge in [-0.05, 0) is 25.0 Å². The van der Waals surface area contributed by atoms with Gasteiger partial charge in [-0.15, -0.1) is 0 Å². The summed E-state index contributed by atoms with van der Waals surface area (Å²) in [7, 11) is 0. The summed E-state index contributed by atoms with van der Waals surface area (Å²) in [6, 6.07) is 2.50. The Bertz CT molecular complexity index is 682. The maximum Gasteiger partial charge on any atom is 0.200 e. The largest absolute Gasteiger partial charge is 0.504 e. The van der Waals surface area contributed by atoms with Gasteiger partial charge >= 0.3 is 0 Å². The van der Waals surface area contributed by atoms with Crippen LogP contribution in [0.3, 0.4) is 0 Å². The second-order valence-corrected chi connectivity index (χ2v) is 7.23. The summed E-state index contributed by atoms with van der Waals surface area (Å²) in [6.45, 7) is 2.24. The maximum absolute atomic E-state index is 10.4. The first-order chi connectivity index (χ1) is 13.0. The number of aromatic hydroxyl groups is 4. The number of hydrogen-bond acceptors (Lipinski definition) is 5. The average molecular weight is 376 g/mol. The van der Waals surface area contributed by atoms with E-state index in [0.29, 0.717) is 5.56 Å². The molecule has 0 aliphatic heterocycles. The van der Waals surface area contributed by atoms with Gasteiger partial charge in [0.25, 0.3) is 0 Å². The Labute approximate surface area is 161 Å². The van der Waals surface area contributed by atoms with Crippen LogP contribution >= 0.6 is 0 Å². The van der Waals surface area contributed by atoms with Crippen LogP contribution in [0.1, 0.15) is 76.7 Å². The summed E-state index contributed by atoms with van der Waals surface area (Å²) in [4.78, 5) is 0. The molecule has 150 valence electrons. The fraction of sp³-hybridized carbons (Fsp3) is 0.545. The van der Waals surface area contributed by atoms with Gasteiger partial charge in [0.05, 0.1) is 6.26 Å². The Morgan fingerprint density at radius 1 is 0.704 bits per heavy atom. The van der Waals surface area contributed by atoms with E-state index in [0.717, 1.165) is 24.8 Å².